The second kappa shape index (κ2) is 5.42. The SMILES string of the molecule is NCC(C(=O)c1ccsc1)C(=O)N1CCCC1. The van der Waals surface area contributed by atoms with Crippen LogP contribution in [0.2, 0.25) is 0 Å². The van der Waals surface area contributed by atoms with Crippen LogP contribution < -0.4 is 5.73 Å². The normalized spacial score (nSPS) is 17.1. The second-order valence-electron chi connectivity index (χ2n) is 4.20. The van der Waals surface area contributed by atoms with Gasteiger partial charge < -0.3 is 10.6 Å². The summed E-state index contributed by atoms with van der Waals surface area (Å²) in [6, 6.07) is 1.74. The summed E-state index contributed by atoms with van der Waals surface area (Å²) >= 11 is 1.45. The quantitative estimate of drug-likeness (QED) is 0.645. The number of Topliss-reactive ketones (excluding diaryl/α,β-unsaturated/α-hetero) is 1. The minimum absolute atomic E-state index is 0.0873. The van der Waals surface area contributed by atoms with E-state index in [0.29, 0.717) is 5.56 Å². The number of carbonyl (C=O) groups excluding carboxylic acids is 2. The molecule has 1 aromatic heterocycles. The van der Waals surface area contributed by atoms with Crippen molar-refractivity contribution in [3.05, 3.63) is 22.4 Å². The monoisotopic (exact) mass is 252 g/mol. The lowest BCUT2D eigenvalue weighted by Gasteiger charge is -2.20. The number of amides is 1. The van der Waals surface area contributed by atoms with Crippen LogP contribution in [0.3, 0.4) is 0 Å². The zero-order valence-corrected chi connectivity index (χ0v) is 10.4. The molecule has 92 valence electrons. The van der Waals surface area contributed by atoms with Crippen molar-refractivity contribution in [1.29, 1.82) is 0 Å². The van der Waals surface area contributed by atoms with Gasteiger partial charge in [0.1, 0.15) is 5.92 Å². The summed E-state index contributed by atoms with van der Waals surface area (Å²) in [6.07, 6.45) is 2.05. The number of rotatable bonds is 4. The molecular formula is C12H16N2O2S. The summed E-state index contributed by atoms with van der Waals surface area (Å²) < 4.78 is 0. The van der Waals surface area contributed by atoms with E-state index in [2.05, 4.69) is 0 Å². The summed E-state index contributed by atoms with van der Waals surface area (Å²) in [7, 11) is 0. The molecule has 1 aliphatic heterocycles. The summed E-state index contributed by atoms with van der Waals surface area (Å²) in [5, 5.41) is 3.60. The molecule has 1 atom stereocenters. The highest BCUT2D eigenvalue weighted by Crippen LogP contribution is 2.17. The standard InChI is InChI=1S/C12H16N2O2S/c13-7-10(11(15)9-3-6-17-8-9)12(16)14-4-1-2-5-14/h3,6,8,10H,1-2,4-5,7,13H2. The van der Waals surface area contributed by atoms with Crippen LogP contribution in [0.25, 0.3) is 0 Å². The van der Waals surface area contributed by atoms with Crippen LogP contribution in [0.15, 0.2) is 16.8 Å². The third-order valence-electron chi connectivity index (χ3n) is 3.07. The molecule has 1 aliphatic rings. The van der Waals surface area contributed by atoms with Gasteiger partial charge in [0.2, 0.25) is 5.91 Å². The average molecular weight is 252 g/mol. The Balaban J connectivity index is 2.10. The number of hydrogen-bond donors (Lipinski definition) is 1. The van der Waals surface area contributed by atoms with Gasteiger partial charge in [-0.2, -0.15) is 11.3 Å². The van der Waals surface area contributed by atoms with E-state index in [1.165, 1.54) is 11.3 Å². The molecule has 17 heavy (non-hydrogen) atoms. The van der Waals surface area contributed by atoms with E-state index in [0.717, 1.165) is 25.9 Å². The summed E-state index contributed by atoms with van der Waals surface area (Å²) in [5.41, 5.74) is 6.18. The molecule has 1 aromatic rings. The maximum Gasteiger partial charge on any atom is 0.234 e. The molecule has 2 N–H and O–H groups in total. The van der Waals surface area contributed by atoms with Crippen molar-refractivity contribution in [2.24, 2.45) is 11.7 Å². The molecule has 1 saturated heterocycles. The lowest BCUT2D eigenvalue weighted by atomic mass is 9.98. The predicted molar refractivity (Wildman–Crippen MR) is 67.0 cm³/mol. The highest BCUT2D eigenvalue weighted by Gasteiger charge is 2.31. The van der Waals surface area contributed by atoms with Gasteiger partial charge in [-0.25, -0.2) is 0 Å². The second-order valence-corrected chi connectivity index (χ2v) is 4.98. The zero-order chi connectivity index (χ0) is 12.3. The topological polar surface area (TPSA) is 63.4 Å². The fraction of sp³-hybridized carbons (Fsp3) is 0.500. The summed E-state index contributed by atoms with van der Waals surface area (Å²) in [6.45, 7) is 1.60. The minimum atomic E-state index is -0.706. The average Bonchev–Trinajstić information content (AvgIpc) is 3.03. The first kappa shape index (κ1) is 12.3. The Morgan fingerprint density at radius 1 is 1.41 bits per heavy atom. The molecule has 0 saturated carbocycles. The molecule has 2 rings (SSSR count). The number of thiophene rings is 1. The van der Waals surface area contributed by atoms with Crippen LogP contribution in [-0.2, 0) is 4.79 Å². The van der Waals surface area contributed by atoms with Crippen molar-refractivity contribution in [3.63, 3.8) is 0 Å². The number of nitrogens with two attached hydrogens (primary N) is 1. The Bertz CT molecular complexity index is 397. The van der Waals surface area contributed by atoms with Crippen LogP contribution in [0.5, 0.6) is 0 Å². The van der Waals surface area contributed by atoms with E-state index < -0.39 is 5.92 Å². The van der Waals surface area contributed by atoms with Gasteiger partial charge in [-0.15, -0.1) is 0 Å². The summed E-state index contributed by atoms with van der Waals surface area (Å²) in [4.78, 5) is 26.0. The van der Waals surface area contributed by atoms with E-state index in [9.17, 15) is 9.59 Å². The van der Waals surface area contributed by atoms with Crippen LogP contribution in [0.4, 0.5) is 0 Å². The fourth-order valence-electron chi connectivity index (χ4n) is 2.08. The van der Waals surface area contributed by atoms with Crippen molar-refractivity contribution in [2.75, 3.05) is 19.6 Å². The number of nitrogens with zero attached hydrogens (tertiary/aromatic N) is 1. The number of hydrogen-bond acceptors (Lipinski definition) is 4. The Morgan fingerprint density at radius 3 is 2.65 bits per heavy atom. The van der Waals surface area contributed by atoms with Gasteiger partial charge >= 0.3 is 0 Å². The van der Waals surface area contributed by atoms with E-state index in [1.807, 2.05) is 5.38 Å². The Morgan fingerprint density at radius 2 is 2.12 bits per heavy atom. The van der Waals surface area contributed by atoms with Gasteiger partial charge in [0.05, 0.1) is 0 Å². The fourth-order valence-corrected chi connectivity index (χ4v) is 2.73. The van der Waals surface area contributed by atoms with Crippen LogP contribution >= 0.6 is 11.3 Å². The first-order chi connectivity index (χ1) is 8.24. The number of ketones is 1. The molecular weight excluding hydrogens is 236 g/mol. The molecule has 4 nitrogen and oxygen atoms in total. The van der Waals surface area contributed by atoms with E-state index in [-0.39, 0.29) is 18.2 Å². The number of carbonyl (C=O) groups is 2. The smallest absolute Gasteiger partial charge is 0.234 e. The number of likely N-dealkylation sites (tertiary alicyclic amines) is 1. The van der Waals surface area contributed by atoms with Crippen LogP contribution in [-0.4, -0.2) is 36.2 Å². The molecule has 0 radical (unpaired) electrons. The highest BCUT2D eigenvalue weighted by molar-refractivity contribution is 7.08. The molecule has 2 heterocycles. The predicted octanol–water partition coefficient (Wildman–Crippen LogP) is 1.13. The van der Waals surface area contributed by atoms with Gasteiger partial charge in [-0.1, -0.05) is 0 Å². The molecule has 5 heteroatoms. The first-order valence-electron chi connectivity index (χ1n) is 5.79. The minimum Gasteiger partial charge on any atom is -0.342 e. The Labute approximate surface area is 104 Å². The Kier molecular flexibility index (Phi) is 3.91. The van der Waals surface area contributed by atoms with Crippen molar-refractivity contribution >= 4 is 23.0 Å². The first-order valence-corrected chi connectivity index (χ1v) is 6.73. The van der Waals surface area contributed by atoms with E-state index in [1.54, 1.807) is 16.3 Å². The van der Waals surface area contributed by atoms with E-state index >= 15 is 0 Å². The largest absolute Gasteiger partial charge is 0.342 e. The molecule has 0 aliphatic carbocycles. The lowest BCUT2D eigenvalue weighted by Crippen LogP contribution is -2.41. The maximum absolute atomic E-state index is 12.1. The van der Waals surface area contributed by atoms with Crippen molar-refractivity contribution < 1.29 is 9.59 Å². The van der Waals surface area contributed by atoms with Crippen LogP contribution in [0, 0.1) is 5.92 Å². The lowest BCUT2D eigenvalue weighted by molar-refractivity contribution is -0.132. The highest BCUT2D eigenvalue weighted by atomic mass is 32.1. The molecule has 1 fully saturated rings. The Hall–Kier alpha value is -1.20. The third kappa shape index (κ3) is 2.56. The van der Waals surface area contributed by atoms with Gasteiger partial charge in [0.15, 0.2) is 5.78 Å². The zero-order valence-electron chi connectivity index (χ0n) is 9.59. The van der Waals surface area contributed by atoms with Crippen molar-refractivity contribution in [2.45, 2.75) is 12.8 Å². The van der Waals surface area contributed by atoms with Gasteiger partial charge in [0.25, 0.3) is 0 Å². The van der Waals surface area contributed by atoms with Gasteiger partial charge in [-0.3, -0.25) is 9.59 Å². The van der Waals surface area contributed by atoms with Gasteiger partial charge in [0, 0.05) is 30.6 Å². The maximum atomic E-state index is 12.1. The summed E-state index contributed by atoms with van der Waals surface area (Å²) in [5.74, 6) is -0.963. The van der Waals surface area contributed by atoms with E-state index in [4.69, 9.17) is 5.73 Å². The van der Waals surface area contributed by atoms with Crippen molar-refractivity contribution in [1.82, 2.24) is 4.90 Å². The van der Waals surface area contributed by atoms with Crippen LogP contribution in [0.1, 0.15) is 23.2 Å². The molecule has 0 bridgehead atoms. The molecule has 1 amide bonds. The van der Waals surface area contributed by atoms with Crippen molar-refractivity contribution in [3.8, 4) is 0 Å². The third-order valence-corrected chi connectivity index (χ3v) is 3.76. The molecule has 0 spiro atoms. The van der Waals surface area contributed by atoms with Gasteiger partial charge in [-0.05, 0) is 24.3 Å². The molecule has 1 unspecified atom stereocenters. The molecule has 0 aromatic carbocycles.